The quantitative estimate of drug-likeness (QED) is 0.730. The molecule has 21 heavy (non-hydrogen) atoms. The van der Waals surface area contributed by atoms with Gasteiger partial charge in [0.25, 0.3) is 0 Å². The van der Waals surface area contributed by atoms with Crippen LogP contribution in [0.5, 0.6) is 0 Å². The minimum Gasteiger partial charge on any atom is -0.377 e. The number of rotatable bonds is 7. The zero-order chi connectivity index (χ0) is 15.5. The second-order valence-corrected chi connectivity index (χ2v) is 8.40. The molecular formula is C19H37NO. The molecule has 3 unspecified atom stereocenters. The summed E-state index contributed by atoms with van der Waals surface area (Å²) in [6.07, 6.45) is 10.1. The SMILES string of the molecule is CCC(NC1CC(OCC(C)C)C1(C)C)C1CCCCC1. The molecule has 2 aliphatic rings. The van der Waals surface area contributed by atoms with E-state index in [1.54, 1.807) is 0 Å². The van der Waals surface area contributed by atoms with Crippen LogP contribution in [-0.4, -0.2) is 24.8 Å². The predicted molar refractivity (Wildman–Crippen MR) is 90.6 cm³/mol. The van der Waals surface area contributed by atoms with E-state index in [0.717, 1.165) is 18.6 Å². The normalized spacial score (nSPS) is 31.1. The van der Waals surface area contributed by atoms with Crippen molar-refractivity contribution in [1.29, 1.82) is 0 Å². The molecule has 0 saturated heterocycles. The minimum absolute atomic E-state index is 0.289. The highest BCUT2D eigenvalue weighted by Gasteiger charge is 2.49. The summed E-state index contributed by atoms with van der Waals surface area (Å²) in [6.45, 7) is 12.5. The van der Waals surface area contributed by atoms with Crippen LogP contribution < -0.4 is 5.32 Å². The van der Waals surface area contributed by atoms with Crippen molar-refractivity contribution in [2.24, 2.45) is 17.3 Å². The maximum absolute atomic E-state index is 6.11. The van der Waals surface area contributed by atoms with Gasteiger partial charge in [0, 0.05) is 24.1 Å². The molecule has 2 heteroatoms. The monoisotopic (exact) mass is 295 g/mol. The Morgan fingerprint density at radius 2 is 1.81 bits per heavy atom. The van der Waals surface area contributed by atoms with Crippen molar-refractivity contribution >= 4 is 0 Å². The molecular weight excluding hydrogens is 258 g/mol. The average molecular weight is 296 g/mol. The largest absolute Gasteiger partial charge is 0.377 e. The van der Waals surface area contributed by atoms with Crippen LogP contribution >= 0.6 is 0 Å². The van der Waals surface area contributed by atoms with Crippen LogP contribution in [0.3, 0.4) is 0 Å². The van der Waals surface area contributed by atoms with Crippen LogP contribution in [0.2, 0.25) is 0 Å². The second-order valence-electron chi connectivity index (χ2n) is 8.40. The highest BCUT2D eigenvalue weighted by atomic mass is 16.5. The van der Waals surface area contributed by atoms with Crippen LogP contribution in [0.25, 0.3) is 0 Å². The Hall–Kier alpha value is -0.0800. The Kier molecular flexibility index (Phi) is 6.14. The maximum Gasteiger partial charge on any atom is 0.0656 e. The van der Waals surface area contributed by atoms with Gasteiger partial charge in [-0.2, -0.15) is 0 Å². The van der Waals surface area contributed by atoms with Gasteiger partial charge in [-0.1, -0.05) is 53.9 Å². The second kappa shape index (κ2) is 7.46. The Labute approximate surface area is 132 Å². The fourth-order valence-electron chi connectivity index (χ4n) is 4.14. The lowest BCUT2D eigenvalue weighted by Gasteiger charge is -2.54. The molecule has 0 radical (unpaired) electrons. The minimum atomic E-state index is 0.289. The van der Waals surface area contributed by atoms with Gasteiger partial charge in [0.2, 0.25) is 0 Å². The Morgan fingerprint density at radius 1 is 1.14 bits per heavy atom. The predicted octanol–water partition coefficient (Wildman–Crippen LogP) is 4.77. The van der Waals surface area contributed by atoms with Crippen molar-refractivity contribution in [3.05, 3.63) is 0 Å². The first kappa shape index (κ1) is 17.3. The first-order chi connectivity index (χ1) is 9.95. The van der Waals surface area contributed by atoms with E-state index in [1.807, 2.05) is 0 Å². The van der Waals surface area contributed by atoms with Crippen LogP contribution in [0.4, 0.5) is 0 Å². The molecule has 2 rings (SSSR count). The third kappa shape index (κ3) is 4.22. The number of nitrogens with one attached hydrogen (secondary N) is 1. The van der Waals surface area contributed by atoms with E-state index >= 15 is 0 Å². The third-order valence-electron chi connectivity index (χ3n) is 5.88. The number of hydrogen-bond donors (Lipinski definition) is 1. The van der Waals surface area contributed by atoms with Crippen molar-refractivity contribution < 1.29 is 4.74 Å². The molecule has 0 heterocycles. The Balaban J connectivity index is 1.82. The van der Waals surface area contributed by atoms with E-state index in [-0.39, 0.29) is 5.41 Å². The molecule has 2 nitrogen and oxygen atoms in total. The van der Waals surface area contributed by atoms with Gasteiger partial charge in [0.05, 0.1) is 6.10 Å². The first-order valence-corrected chi connectivity index (χ1v) is 9.32. The van der Waals surface area contributed by atoms with E-state index in [9.17, 15) is 0 Å². The lowest BCUT2D eigenvalue weighted by Crippen LogP contribution is -2.63. The molecule has 0 bridgehead atoms. The fourth-order valence-corrected chi connectivity index (χ4v) is 4.14. The fraction of sp³-hybridized carbons (Fsp3) is 1.00. The Morgan fingerprint density at radius 3 is 2.33 bits per heavy atom. The molecule has 2 aliphatic carbocycles. The number of hydrogen-bond acceptors (Lipinski definition) is 2. The van der Waals surface area contributed by atoms with Crippen molar-refractivity contribution in [1.82, 2.24) is 5.32 Å². The van der Waals surface area contributed by atoms with Crippen molar-refractivity contribution in [2.75, 3.05) is 6.61 Å². The lowest BCUT2D eigenvalue weighted by molar-refractivity contribution is -0.127. The molecule has 0 amide bonds. The van der Waals surface area contributed by atoms with Crippen molar-refractivity contribution in [3.63, 3.8) is 0 Å². The summed E-state index contributed by atoms with van der Waals surface area (Å²) >= 11 is 0. The number of ether oxygens (including phenoxy) is 1. The molecule has 0 aromatic carbocycles. The topological polar surface area (TPSA) is 21.3 Å². The summed E-state index contributed by atoms with van der Waals surface area (Å²) in [5.41, 5.74) is 0.289. The summed E-state index contributed by atoms with van der Waals surface area (Å²) in [4.78, 5) is 0. The van der Waals surface area contributed by atoms with Gasteiger partial charge < -0.3 is 10.1 Å². The van der Waals surface area contributed by atoms with E-state index in [2.05, 4.69) is 39.9 Å². The van der Waals surface area contributed by atoms with Crippen LogP contribution in [0.1, 0.15) is 79.6 Å². The van der Waals surface area contributed by atoms with E-state index in [0.29, 0.717) is 18.1 Å². The van der Waals surface area contributed by atoms with Crippen LogP contribution in [-0.2, 0) is 4.74 Å². The molecule has 0 aromatic heterocycles. The Bertz CT molecular complexity index is 307. The van der Waals surface area contributed by atoms with Crippen molar-refractivity contribution in [3.8, 4) is 0 Å². The van der Waals surface area contributed by atoms with Crippen LogP contribution in [0.15, 0.2) is 0 Å². The molecule has 3 atom stereocenters. The highest BCUT2D eigenvalue weighted by Crippen LogP contribution is 2.44. The molecule has 124 valence electrons. The highest BCUT2D eigenvalue weighted by molar-refractivity contribution is 5.04. The maximum atomic E-state index is 6.11. The van der Waals surface area contributed by atoms with Crippen molar-refractivity contribution in [2.45, 2.75) is 97.8 Å². The average Bonchev–Trinajstić information content (AvgIpc) is 2.46. The zero-order valence-electron chi connectivity index (χ0n) is 15.0. The van der Waals surface area contributed by atoms with E-state index < -0.39 is 0 Å². The van der Waals surface area contributed by atoms with Gasteiger partial charge in [-0.25, -0.2) is 0 Å². The molecule has 2 saturated carbocycles. The van der Waals surface area contributed by atoms with Gasteiger partial charge in [-0.3, -0.25) is 0 Å². The third-order valence-corrected chi connectivity index (χ3v) is 5.88. The van der Waals surface area contributed by atoms with Gasteiger partial charge in [0.15, 0.2) is 0 Å². The van der Waals surface area contributed by atoms with Gasteiger partial charge in [-0.15, -0.1) is 0 Å². The molecule has 0 aliphatic heterocycles. The molecule has 0 aromatic rings. The standard InChI is InChI=1S/C19H37NO/c1-6-16(15-10-8-7-9-11-15)20-17-12-18(19(17,4)5)21-13-14(2)3/h14-18,20H,6-13H2,1-5H3. The van der Waals surface area contributed by atoms with E-state index in [4.69, 9.17) is 4.74 Å². The summed E-state index contributed by atoms with van der Waals surface area (Å²) in [7, 11) is 0. The zero-order valence-corrected chi connectivity index (χ0v) is 15.0. The van der Waals surface area contributed by atoms with Crippen LogP contribution in [0, 0.1) is 17.3 Å². The van der Waals surface area contributed by atoms with E-state index in [1.165, 1.54) is 44.9 Å². The smallest absolute Gasteiger partial charge is 0.0656 e. The first-order valence-electron chi connectivity index (χ1n) is 9.32. The van der Waals surface area contributed by atoms with Gasteiger partial charge >= 0.3 is 0 Å². The molecule has 0 spiro atoms. The summed E-state index contributed by atoms with van der Waals surface area (Å²) < 4.78 is 6.11. The summed E-state index contributed by atoms with van der Waals surface area (Å²) in [6, 6.07) is 1.36. The lowest BCUT2D eigenvalue weighted by atomic mass is 9.64. The van der Waals surface area contributed by atoms with Gasteiger partial charge in [0.1, 0.15) is 0 Å². The summed E-state index contributed by atoms with van der Waals surface area (Å²) in [5.74, 6) is 1.55. The van der Waals surface area contributed by atoms with Gasteiger partial charge in [-0.05, 0) is 37.5 Å². The molecule has 2 fully saturated rings. The molecule has 1 N–H and O–H groups in total. The summed E-state index contributed by atoms with van der Waals surface area (Å²) in [5, 5.41) is 4.00.